The van der Waals surface area contributed by atoms with Gasteiger partial charge in [-0.15, -0.1) is 11.3 Å². The van der Waals surface area contributed by atoms with Crippen molar-refractivity contribution in [2.45, 2.75) is 64.5 Å². The van der Waals surface area contributed by atoms with Crippen LogP contribution in [0.25, 0.3) is 0 Å². The van der Waals surface area contributed by atoms with Gasteiger partial charge in [-0.25, -0.2) is 17.5 Å². The van der Waals surface area contributed by atoms with E-state index in [2.05, 4.69) is 10.2 Å². The number of ether oxygens (including phenoxy) is 1. The van der Waals surface area contributed by atoms with E-state index in [1.54, 1.807) is 14.0 Å². The average Bonchev–Trinajstić information content (AvgIpc) is 3.10. The second-order valence-corrected chi connectivity index (χ2v) is 11.5. The summed E-state index contributed by atoms with van der Waals surface area (Å²) < 4.78 is 30.3. The molecular weight excluding hydrogens is 438 g/mol. The second-order valence-electron chi connectivity index (χ2n) is 8.35. The Bertz CT molecular complexity index is 920. The molecule has 1 amide bonds. The molecular formula is C21H33N3O5S2. The highest BCUT2D eigenvalue weighted by atomic mass is 32.2. The number of anilines is 1. The van der Waals surface area contributed by atoms with Crippen LogP contribution in [-0.2, 0) is 32.4 Å². The van der Waals surface area contributed by atoms with E-state index >= 15 is 0 Å². The molecule has 0 radical (unpaired) electrons. The quantitative estimate of drug-likeness (QED) is 0.614. The molecule has 31 heavy (non-hydrogen) atoms. The molecule has 1 aromatic rings. The van der Waals surface area contributed by atoms with E-state index < -0.39 is 10.0 Å². The van der Waals surface area contributed by atoms with Gasteiger partial charge in [-0.1, -0.05) is 0 Å². The molecule has 2 heterocycles. The zero-order chi connectivity index (χ0) is 22.8. The van der Waals surface area contributed by atoms with Crippen LogP contribution in [-0.4, -0.2) is 74.6 Å². The van der Waals surface area contributed by atoms with Crippen LogP contribution in [0.5, 0.6) is 0 Å². The zero-order valence-corrected chi connectivity index (χ0v) is 20.4. The number of thiophene rings is 1. The number of piperidine rings is 1. The number of nitrogens with one attached hydrogen (secondary N) is 1. The molecule has 8 nitrogen and oxygen atoms in total. The number of amides is 1. The van der Waals surface area contributed by atoms with Gasteiger partial charge >= 0.3 is 5.97 Å². The minimum absolute atomic E-state index is 0.0408. The molecule has 1 saturated heterocycles. The SMILES string of the molecule is CCOC(=O)c1c(NC(=O)C(C)N2CCC(N(C)S(C)(=O)=O)CC2)sc2c1CCCC2. The number of esters is 1. The lowest BCUT2D eigenvalue weighted by Gasteiger charge is -2.37. The van der Waals surface area contributed by atoms with Gasteiger partial charge in [-0.3, -0.25) is 9.69 Å². The van der Waals surface area contributed by atoms with Crippen molar-refractivity contribution in [3.05, 3.63) is 16.0 Å². The van der Waals surface area contributed by atoms with Gasteiger partial charge < -0.3 is 10.1 Å². The first-order chi connectivity index (χ1) is 14.6. The Morgan fingerprint density at radius 2 is 1.90 bits per heavy atom. The standard InChI is InChI=1S/C21H33N3O5S2/c1-5-29-21(26)18-16-8-6-7-9-17(16)30-20(18)22-19(25)14(2)24-12-10-15(11-13-24)23(3)31(4,27)28/h14-15H,5-13H2,1-4H3,(H,22,25). The van der Waals surface area contributed by atoms with Crippen LogP contribution in [0.15, 0.2) is 0 Å². The van der Waals surface area contributed by atoms with Crippen molar-refractivity contribution >= 4 is 38.2 Å². The highest BCUT2D eigenvalue weighted by Gasteiger charge is 2.32. The number of likely N-dealkylation sites (tertiary alicyclic amines) is 1. The number of rotatable bonds is 7. The first-order valence-electron chi connectivity index (χ1n) is 10.9. The maximum absolute atomic E-state index is 13.0. The normalized spacial score (nSPS) is 19.1. The fraction of sp³-hybridized carbons (Fsp3) is 0.714. The fourth-order valence-corrected chi connectivity index (χ4v) is 6.40. The van der Waals surface area contributed by atoms with E-state index in [-0.39, 0.29) is 24.0 Å². The maximum Gasteiger partial charge on any atom is 0.341 e. The highest BCUT2D eigenvalue weighted by molar-refractivity contribution is 7.88. The molecule has 0 spiro atoms. The summed E-state index contributed by atoms with van der Waals surface area (Å²) in [7, 11) is -1.61. The van der Waals surface area contributed by atoms with E-state index in [9.17, 15) is 18.0 Å². The summed E-state index contributed by atoms with van der Waals surface area (Å²) in [5.74, 6) is -0.520. The predicted molar refractivity (Wildman–Crippen MR) is 122 cm³/mol. The summed E-state index contributed by atoms with van der Waals surface area (Å²) >= 11 is 1.49. The molecule has 1 fully saturated rings. The molecule has 10 heteroatoms. The van der Waals surface area contributed by atoms with Crippen LogP contribution in [0.4, 0.5) is 5.00 Å². The Hall–Kier alpha value is -1.49. The smallest absolute Gasteiger partial charge is 0.341 e. The fourth-order valence-electron chi connectivity index (χ4n) is 4.36. The topological polar surface area (TPSA) is 96.0 Å². The van der Waals surface area contributed by atoms with Crippen LogP contribution < -0.4 is 5.32 Å². The molecule has 1 unspecified atom stereocenters. The molecule has 0 bridgehead atoms. The van der Waals surface area contributed by atoms with E-state index in [1.165, 1.54) is 26.8 Å². The third kappa shape index (κ3) is 5.47. The van der Waals surface area contributed by atoms with Gasteiger partial charge in [0.2, 0.25) is 15.9 Å². The number of carbonyl (C=O) groups is 2. The van der Waals surface area contributed by atoms with Crippen LogP contribution in [0, 0.1) is 0 Å². The van der Waals surface area contributed by atoms with E-state index in [0.717, 1.165) is 31.2 Å². The Morgan fingerprint density at radius 3 is 2.52 bits per heavy atom. The van der Waals surface area contributed by atoms with Crippen molar-refractivity contribution in [3.8, 4) is 0 Å². The summed E-state index contributed by atoms with van der Waals surface area (Å²) in [6, 6.07) is -0.417. The van der Waals surface area contributed by atoms with Crippen LogP contribution >= 0.6 is 11.3 Å². The van der Waals surface area contributed by atoms with Gasteiger partial charge in [0.05, 0.1) is 24.5 Å². The molecule has 1 aliphatic carbocycles. The van der Waals surface area contributed by atoms with Crippen molar-refractivity contribution in [2.24, 2.45) is 0 Å². The third-order valence-corrected chi connectivity index (χ3v) is 8.90. The Morgan fingerprint density at radius 1 is 1.26 bits per heavy atom. The van der Waals surface area contributed by atoms with E-state index in [1.807, 2.05) is 6.92 Å². The number of sulfonamides is 1. The summed E-state index contributed by atoms with van der Waals surface area (Å²) in [6.07, 6.45) is 6.49. The number of nitrogens with zero attached hydrogens (tertiary/aromatic N) is 2. The number of hydrogen-bond acceptors (Lipinski definition) is 7. The molecule has 2 aliphatic rings. The molecule has 1 aliphatic heterocycles. The lowest BCUT2D eigenvalue weighted by molar-refractivity contribution is -0.121. The lowest BCUT2D eigenvalue weighted by atomic mass is 9.95. The number of aryl methyl sites for hydroxylation is 1. The average molecular weight is 472 g/mol. The molecule has 1 atom stereocenters. The van der Waals surface area contributed by atoms with Crippen molar-refractivity contribution in [1.29, 1.82) is 0 Å². The van der Waals surface area contributed by atoms with Crippen molar-refractivity contribution in [3.63, 3.8) is 0 Å². The summed E-state index contributed by atoms with van der Waals surface area (Å²) in [6.45, 7) is 5.22. The molecule has 1 aromatic heterocycles. The Labute approximate surface area is 189 Å². The zero-order valence-electron chi connectivity index (χ0n) is 18.8. The first-order valence-corrected chi connectivity index (χ1v) is 13.6. The van der Waals surface area contributed by atoms with Gasteiger partial charge in [-0.2, -0.15) is 0 Å². The number of hydrogen-bond donors (Lipinski definition) is 1. The van der Waals surface area contributed by atoms with E-state index in [0.29, 0.717) is 43.1 Å². The van der Waals surface area contributed by atoms with Crippen molar-refractivity contribution < 1.29 is 22.7 Å². The molecule has 1 N–H and O–H groups in total. The molecule has 3 rings (SSSR count). The van der Waals surface area contributed by atoms with Crippen LogP contribution in [0.3, 0.4) is 0 Å². The van der Waals surface area contributed by atoms with Crippen LogP contribution in [0.1, 0.15) is 60.3 Å². The van der Waals surface area contributed by atoms with E-state index in [4.69, 9.17) is 4.74 Å². The molecule has 174 valence electrons. The first kappa shape index (κ1) is 24.2. The number of fused-ring (bicyclic) bond motifs is 1. The largest absolute Gasteiger partial charge is 0.462 e. The predicted octanol–water partition coefficient (Wildman–Crippen LogP) is 2.49. The number of carbonyl (C=O) groups excluding carboxylic acids is 2. The van der Waals surface area contributed by atoms with Gasteiger partial charge in [0.25, 0.3) is 0 Å². The maximum atomic E-state index is 13.0. The Kier molecular flexibility index (Phi) is 7.77. The molecule has 0 saturated carbocycles. The van der Waals surface area contributed by atoms with Crippen molar-refractivity contribution in [2.75, 3.05) is 38.3 Å². The van der Waals surface area contributed by atoms with Gasteiger partial charge in [-0.05, 0) is 57.9 Å². The third-order valence-electron chi connectivity index (χ3n) is 6.35. The minimum Gasteiger partial charge on any atom is -0.462 e. The summed E-state index contributed by atoms with van der Waals surface area (Å²) in [4.78, 5) is 28.9. The molecule has 0 aromatic carbocycles. The monoisotopic (exact) mass is 471 g/mol. The van der Waals surface area contributed by atoms with Gasteiger partial charge in [0.1, 0.15) is 5.00 Å². The van der Waals surface area contributed by atoms with Crippen LogP contribution in [0.2, 0.25) is 0 Å². The van der Waals surface area contributed by atoms with Gasteiger partial charge in [0, 0.05) is 31.1 Å². The second kappa shape index (κ2) is 9.97. The minimum atomic E-state index is -3.22. The lowest BCUT2D eigenvalue weighted by Crippen LogP contribution is -2.50. The Balaban J connectivity index is 1.68. The summed E-state index contributed by atoms with van der Waals surface area (Å²) in [5.41, 5.74) is 1.55. The summed E-state index contributed by atoms with van der Waals surface area (Å²) in [5, 5.41) is 3.58. The van der Waals surface area contributed by atoms with Gasteiger partial charge in [0.15, 0.2) is 0 Å². The van der Waals surface area contributed by atoms with Crippen molar-refractivity contribution in [1.82, 2.24) is 9.21 Å². The highest BCUT2D eigenvalue weighted by Crippen LogP contribution is 2.38.